The van der Waals surface area contributed by atoms with E-state index in [0.717, 1.165) is 6.07 Å². The Morgan fingerprint density at radius 3 is 2.39 bits per heavy atom. The van der Waals surface area contributed by atoms with Gasteiger partial charge in [0, 0.05) is 23.5 Å². The molecule has 2 amide bonds. The molecular weight excluding hydrogens is 441 g/mol. The third-order valence-electron chi connectivity index (χ3n) is 3.80. The van der Waals surface area contributed by atoms with Crippen LogP contribution in [0.25, 0.3) is 0 Å². The summed E-state index contributed by atoms with van der Waals surface area (Å²) in [5, 5.41) is 10.6. The highest BCUT2D eigenvalue weighted by molar-refractivity contribution is 6.31. The van der Waals surface area contributed by atoms with Crippen molar-refractivity contribution in [2.45, 2.75) is 6.18 Å². The van der Waals surface area contributed by atoms with Gasteiger partial charge >= 0.3 is 12.1 Å². The molecule has 0 atom stereocenters. The van der Waals surface area contributed by atoms with Gasteiger partial charge in [0.05, 0.1) is 10.6 Å². The Kier molecular flexibility index (Phi) is 6.37. The van der Waals surface area contributed by atoms with Crippen molar-refractivity contribution in [2.24, 2.45) is 0 Å². The third-order valence-corrected chi connectivity index (χ3v) is 4.13. The third kappa shape index (κ3) is 5.47. The smallest absolute Gasteiger partial charge is 0.417 e. The van der Waals surface area contributed by atoms with Crippen molar-refractivity contribution in [2.75, 3.05) is 5.32 Å². The van der Waals surface area contributed by atoms with Gasteiger partial charge in [-0.2, -0.15) is 18.2 Å². The highest BCUT2D eigenvalue weighted by Gasteiger charge is 2.33. The molecule has 0 aliphatic rings. The minimum absolute atomic E-state index is 0.0197. The predicted molar refractivity (Wildman–Crippen MR) is 102 cm³/mol. The van der Waals surface area contributed by atoms with Crippen LogP contribution in [0.5, 0.6) is 11.6 Å². The van der Waals surface area contributed by atoms with E-state index in [1.165, 1.54) is 48.1 Å². The van der Waals surface area contributed by atoms with Crippen LogP contribution in [-0.4, -0.2) is 27.0 Å². The number of anilines is 1. The molecular formula is C19H12ClF3N4O4. The number of hydrogen-bond acceptors (Lipinski definition) is 6. The van der Waals surface area contributed by atoms with E-state index in [0.29, 0.717) is 11.8 Å². The number of carbonyl (C=O) groups is 2. The van der Waals surface area contributed by atoms with Crippen molar-refractivity contribution in [1.82, 2.24) is 15.4 Å². The van der Waals surface area contributed by atoms with Crippen LogP contribution in [0.4, 0.5) is 18.9 Å². The Labute approximate surface area is 177 Å². The van der Waals surface area contributed by atoms with Gasteiger partial charge in [0.25, 0.3) is 5.91 Å². The SMILES string of the molecule is O=C(Nc1ccc(Oc2ccnc(C(=O)NO)n2)cc1)c1ccc(Cl)c(C(F)(F)F)c1. The number of nitrogens with one attached hydrogen (secondary N) is 2. The van der Waals surface area contributed by atoms with Crippen LogP contribution in [-0.2, 0) is 6.18 Å². The molecule has 0 bridgehead atoms. The quantitative estimate of drug-likeness (QED) is 0.392. The molecule has 0 saturated carbocycles. The van der Waals surface area contributed by atoms with Gasteiger partial charge in [-0.3, -0.25) is 14.8 Å². The molecule has 3 aromatic rings. The number of benzene rings is 2. The minimum Gasteiger partial charge on any atom is -0.439 e. The second kappa shape index (κ2) is 8.98. The first-order valence-corrected chi connectivity index (χ1v) is 8.78. The predicted octanol–water partition coefficient (Wildman–Crippen LogP) is 4.31. The summed E-state index contributed by atoms with van der Waals surface area (Å²) in [6.07, 6.45) is -3.44. The Balaban J connectivity index is 1.70. The number of aromatic nitrogens is 2. The lowest BCUT2D eigenvalue weighted by Crippen LogP contribution is -2.21. The van der Waals surface area contributed by atoms with Crippen molar-refractivity contribution >= 4 is 29.1 Å². The number of carbonyl (C=O) groups excluding carboxylic acids is 2. The first kappa shape index (κ1) is 22.0. The Morgan fingerprint density at radius 1 is 1.03 bits per heavy atom. The zero-order chi connectivity index (χ0) is 22.6. The van der Waals surface area contributed by atoms with Gasteiger partial charge in [-0.1, -0.05) is 11.6 Å². The second-order valence-corrected chi connectivity index (χ2v) is 6.34. The molecule has 0 unspecified atom stereocenters. The van der Waals surface area contributed by atoms with Gasteiger partial charge in [-0.05, 0) is 42.5 Å². The number of rotatable bonds is 5. The van der Waals surface area contributed by atoms with Crippen LogP contribution >= 0.6 is 11.6 Å². The highest BCUT2D eigenvalue weighted by Crippen LogP contribution is 2.35. The molecule has 2 aromatic carbocycles. The van der Waals surface area contributed by atoms with Crippen LogP contribution in [0.1, 0.15) is 26.5 Å². The zero-order valence-electron chi connectivity index (χ0n) is 15.3. The first-order chi connectivity index (χ1) is 14.7. The van der Waals surface area contributed by atoms with Crippen molar-refractivity contribution in [3.63, 3.8) is 0 Å². The van der Waals surface area contributed by atoms with E-state index in [-0.39, 0.29) is 23.0 Å². The highest BCUT2D eigenvalue weighted by atomic mass is 35.5. The van der Waals surface area contributed by atoms with E-state index in [9.17, 15) is 22.8 Å². The fourth-order valence-electron chi connectivity index (χ4n) is 2.37. The molecule has 0 spiro atoms. The van der Waals surface area contributed by atoms with E-state index in [4.69, 9.17) is 21.5 Å². The minimum atomic E-state index is -4.69. The largest absolute Gasteiger partial charge is 0.439 e. The van der Waals surface area contributed by atoms with Crippen LogP contribution in [0.15, 0.2) is 54.7 Å². The average Bonchev–Trinajstić information content (AvgIpc) is 2.74. The lowest BCUT2D eigenvalue weighted by molar-refractivity contribution is -0.137. The fraction of sp³-hybridized carbons (Fsp3) is 0.0526. The molecule has 0 aliphatic carbocycles. The number of hydroxylamine groups is 1. The van der Waals surface area contributed by atoms with Crippen LogP contribution in [0, 0.1) is 0 Å². The number of alkyl halides is 3. The monoisotopic (exact) mass is 452 g/mol. The molecule has 8 nitrogen and oxygen atoms in total. The van der Waals surface area contributed by atoms with Crippen LogP contribution < -0.4 is 15.5 Å². The van der Waals surface area contributed by atoms with Crippen molar-refractivity contribution in [1.29, 1.82) is 0 Å². The lowest BCUT2D eigenvalue weighted by Gasteiger charge is -2.11. The molecule has 12 heteroatoms. The fourth-order valence-corrected chi connectivity index (χ4v) is 2.60. The molecule has 0 aliphatic heterocycles. The number of nitrogens with zero attached hydrogens (tertiary/aromatic N) is 2. The summed E-state index contributed by atoms with van der Waals surface area (Å²) < 4.78 is 44.3. The Morgan fingerprint density at radius 2 is 1.74 bits per heavy atom. The lowest BCUT2D eigenvalue weighted by atomic mass is 10.1. The van der Waals surface area contributed by atoms with E-state index in [1.807, 2.05) is 0 Å². The Hall–Kier alpha value is -3.70. The number of hydrogen-bond donors (Lipinski definition) is 3. The molecule has 0 fully saturated rings. The summed E-state index contributed by atoms with van der Waals surface area (Å²) in [5.41, 5.74) is 0.370. The molecule has 1 heterocycles. The molecule has 31 heavy (non-hydrogen) atoms. The zero-order valence-corrected chi connectivity index (χ0v) is 16.0. The second-order valence-electron chi connectivity index (χ2n) is 5.93. The van der Waals surface area contributed by atoms with Crippen molar-refractivity contribution in [3.8, 4) is 11.6 Å². The molecule has 1 aromatic heterocycles. The number of amides is 2. The number of halogens is 4. The van der Waals surface area contributed by atoms with Gasteiger partial charge < -0.3 is 10.1 Å². The summed E-state index contributed by atoms with van der Waals surface area (Å²) in [5.74, 6) is -1.68. The van der Waals surface area contributed by atoms with Crippen LogP contribution in [0.3, 0.4) is 0 Å². The summed E-state index contributed by atoms with van der Waals surface area (Å²) in [4.78, 5) is 31.1. The van der Waals surface area contributed by atoms with Gasteiger partial charge in [0.1, 0.15) is 5.75 Å². The summed E-state index contributed by atoms with van der Waals surface area (Å²) in [7, 11) is 0. The first-order valence-electron chi connectivity index (χ1n) is 8.41. The van der Waals surface area contributed by atoms with E-state index in [2.05, 4.69) is 15.3 Å². The van der Waals surface area contributed by atoms with E-state index >= 15 is 0 Å². The van der Waals surface area contributed by atoms with Gasteiger partial charge in [-0.15, -0.1) is 0 Å². The van der Waals surface area contributed by atoms with E-state index < -0.39 is 28.6 Å². The molecule has 3 rings (SSSR count). The average molecular weight is 453 g/mol. The standard InChI is InChI=1S/C19H12ClF3N4O4/c20-14-6-1-10(9-13(14)19(21,22)23)17(28)25-11-2-4-12(5-3-11)31-15-7-8-24-16(26-15)18(29)27-30/h1-9,30H,(H,25,28)(H,27,29). The summed E-state index contributed by atoms with van der Waals surface area (Å²) in [6, 6.07) is 10.1. The topological polar surface area (TPSA) is 113 Å². The van der Waals surface area contributed by atoms with Gasteiger partial charge in [0.2, 0.25) is 11.7 Å². The molecule has 0 radical (unpaired) electrons. The molecule has 160 valence electrons. The van der Waals surface area contributed by atoms with Crippen LogP contribution in [0.2, 0.25) is 5.02 Å². The van der Waals surface area contributed by atoms with Gasteiger partial charge in [0.15, 0.2) is 0 Å². The normalized spacial score (nSPS) is 11.0. The summed E-state index contributed by atoms with van der Waals surface area (Å²) >= 11 is 5.56. The maximum atomic E-state index is 13.0. The molecule has 0 saturated heterocycles. The van der Waals surface area contributed by atoms with Crippen molar-refractivity contribution in [3.05, 3.63) is 76.7 Å². The van der Waals surface area contributed by atoms with Crippen molar-refractivity contribution < 1.29 is 32.7 Å². The maximum Gasteiger partial charge on any atom is 0.417 e. The molecule has 3 N–H and O–H groups in total. The van der Waals surface area contributed by atoms with E-state index in [1.54, 1.807) is 0 Å². The Bertz CT molecular complexity index is 1120. The van der Waals surface area contributed by atoms with Gasteiger partial charge in [-0.25, -0.2) is 10.5 Å². The summed E-state index contributed by atoms with van der Waals surface area (Å²) in [6.45, 7) is 0. The maximum absolute atomic E-state index is 13.0. The number of ether oxygens (including phenoxy) is 1.